The first-order valence-electron chi connectivity index (χ1n) is 9.26. The minimum atomic E-state index is -0.107. The molecule has 3 heterocycles. The van der Waals surface area contributed by atoms with Crippen LogP contribution in [0.1, 0.15) is 30.2 Å². The van der Waals surface area contributed by atoms with Crippen LogP contribution in [0.3, 0.4) is 0 Å². The molecule has 1 aromatic carbocycles. The van der Waals surface area contributed by atoms with Gasteiger partial charge in [-0.15, -0.1) is 0 Å². The van der Waals surface area contributed by atoms with Gasteiger partial charge in [0.2, 0.25) is 5.91 Å². The molecule has 4 rings (SSSR count). The zero-order valence-corrected chi connectivity index (χ0v) is 15.6. The summed E-state index contributed by atoms with van der Waals surface area (Å²) in [7, 11) is 0. The topological polar surface area (TPSA) is 78.8 Å². The van der Waals surface area contributed by atoms with Crippen LogP contribution in [0.4, 0.5) is 5.69 Å². The molecule has 1 fully saturated rings. The van der Waals surface area contributed by atoms with Crippen molar-refractivity contribution >= 4 is 11.6 Å². The zero-order chi connectivity index (χ0) is 18.8. The molecule has 1 unspecified atom stereocenters. The Labute approximate surface area is 158 Å². The SMILES string of the molecule is Cc1ncc(CN2CCCC2C(=O)Nc2ccc(-n3ccnc3C)cc2)[nH]1. The summed E-state index contributed by atoms with van der Waals surface area (Å²) in [5.41, 5.74) is 2.89. The van der Waals surface area contributed by atoms with Gasteiger partial charge in [-0.1, -0.05) is 0 Å². The monoisotopic (exact) mass is 364 g/mol. The van der Waals surface area contributed by atoms with E-state index < -0.39 is 0 Å². The maximum Gasteiger partial charge on any atom is 0.241 e. The van der Waals surface area contributed by atoms with Crippen molar-refractivity contribution in [2.45, 2.75) is 39.3 Å². The van der Waals surface area contributed by atoms with Gasteiger partial charge in [-0.2, -0.15) is 0 Å². The Kier molecular flexibility index (Phi) is 4.77. The highest BCUT2D eigenvalue weighted by atomic mass is 16.2. The highest BCUT2D eigenvalue weighted by Crippen LogP contribution is 2.22. The molecule has 0 spiro atoms. The van der Waals surface area contributed by atoms with Crippen LogP contribution >= 0.6 is 0 Å². The highest BCUT2D eigenvalue weighted by Gasteiger charge is 2.31. The van der Waals surface area contributed by atoms with Crippen molar-refractivity contribution in [1.82, 2.24) is 24.4 Å². The van der Waals surface area contributed by atoms with Crippen LogP contribution in [0.25, 0.3) is 5.69 Å². The van der Waals surface area contributed by atoms with Crippen molar-refractivity contribution < 1.29 is 4.79 Å². The summed E-state index contributed by atoms with van der Waals surface area (Å²) >= 11 is 0. The third-order valence-corrected chi connectivity index (χ3v) is 5.03. The molecule has 1 amide bonds. The third kappa shape index (κ3) is 3.78. The van der Waals surface area contributed by atoms with Crippen molar-refractivity contribution in [3.8, 4) is 5.69 Å². The second-order valence-corrected chi connectivity index (χ2v) is 7.00. The largest absolute Gasteiger partial charge is 0.345 e. The molecule has 1 atom stereocenters. The number of aromatic nitrogens is 4. The van der Waals surface area contributed by atoms with E-state index in [1.807, 2.05) is 55.1 Å². The lowest BCUT2D eigenvalue weighted by Crippen LogP contribution is -2.39. The molecule has 2 aromatic heterocycles. The molecule has 0 radical (unpaired) electrons. The number of aryl methyl sites for hydroxylation is 2. The second kappa shape index (κ2) is 7.36. The molecule has 7 heteroatoms. The van der Waals surface area contributed by atoms with E-state index in [1.54, 1.807) is 6.20 Å². The van der Waals surface area contributed by atoms with Gasteiger partial charge in [-0.3, -0.25) is 9.69 Å². The molecule has 0 bridgehead atoms. The summed E-state index contributed by atoms with van der Waals surface area (Å²) in [6.45, 7) is 5.55. The van der Waals surface area contributed by atoms with Gasteiger partial charge in [0.25, 0.3) is 0 Å². The Morgan fingerprint density at radius 2 is 2.07 bits per heavy atom. The van der Waals surface area contributed by atoms with Crippen LogP contribution in [-0.2, 0) is 11.3 Å². The fraction of sp³-hybridized carbons (Fsp3) is 0.350. The van der Waals surface area contributed by atoms with Gasteiger partial charge in [-0.05, 0) is 57.5 Å². The van der Waals surface area contributed by atoms with Crippen LogP contribution < -0.4 is 5.32 Å². The number of nitrogens with one attached hydrogen (secondary N) is 2. The van der Waals surface area contributed by atoms with Gasteiger partial charge < -0.3 is 14.9 Å². The summed E-state index contributed by atoms with van der Waals surface area (Å²) in [6.07, 6.45) is 7.46. The predicted octanol–water partition coefficient (Wildman–Crippen LogP) is 2.82. The first-order chi connectivity index (χ1) is 13.1. The maximum absolute atomic E-state index is 12.8. The van der Waals surface area contributed by atoms with Gasteiger partial charge in [0, 0.05) is 42.2 Å². The number of amides is 1. The highest BCUT2D eigenvalue weighted by molar-refractivity contribution is 5.95. The summed E-state index contributed by atoms with van der Waals surface area (Å²) in [6, 6.07) is 7.74. The normalized spacial score (nSPS) is 17.3. The van der Waals surface area contributed by atoms with Crippen molar-refractivity contribution in [3.05, 3.63) is 60.2 Å². The Balaban J connectivity index is 1.41. The Morgan fingerprint density at radius 3 is 2.74 bits per heavy atom. The number of carbonyl (C=O) groups is 1. The molecule has 140 valence electrons. The lowest BCUT2D eigenvalue weighted by molar-refractivity contribution is -0.120. The number of likely N-dealkylation sites (tertiary alicyclic amines) is 1. The van der Waals surface area contributed by atoms with Crippen LogP contribution in [0.5, 0.6) is 0 Å². The van der Waals surface area contributed by atoms with Gasteiger partial charge in [0.05, 0.1) is 6.04 Å². The Bertz CT molecular complexity index is 926. The molecular formula is C20H24N6O. The van der Waals surface area contributed by atoms with Crippen LogP contribution in [0.2, 0.25) is 0 Å². The lowest BCUT2D eigenvalue weighted by atomic mass is 10.2. The number of H-pyrrole nitrogens is 1. The van der Waals surface area contributed by atoms with Crippen LogP contribution in [0, 0.1) is 13.8 Å². The van der Waals surface area contributed by atoms with E-state index >= 15 is 0 Å². The number of imidazole rings is 2. The van der Waals surface area contributed by atoms with Crippen LogP contribution in [0.15, 0.2) is 42.9 Å². The fourth-order valence-electron chi connectivity index (χ4n) is 3.66. The van der Waals surface area contributed by atoms with E-state index in [1.165, 1.54) is 0 Å². The van der Waals surface area contributed by atoms with Gasteiger partial charge in [-0.25, -0.2) is 9.97 Å². The summed E-state index contributed by atoms with van der Waals surface area (Å²) in [5.74, 6) is 1.89. The Hall–Kier alpha value is -2.93. The van der Waals surface area contributed by atoms with E-state index in [9.17, 15) is 4.79 Å². The summed E-state index contributed by atoms with van der Waals surface area (Å²) in [4.78, 5) is 26.7. The molecule has 27 heavy (non-hydrogen) atoms. The number of hydrogen-bond donors (Lipinski definition) is 2. The molecule has 2 N–H and O–H groups in total. The molecule has 0 saturated carbocycles. The predicted molar refractivity (Wildman–Crippen MR) is 104 cm³/mol. The number of benzene rings is 1. The number of aromatic amines is 1. The minimum absolute atomic E-state index is 0.0512. The van der Waals surface area contributed by atoms with E-state index in [4.69, 9.17) is 0 Å². The number of anilines is 1. The molecule has 0 aliphatic carbocycles. The Morgan fingerprint density at radius 1 is 1.26 bits per heavy atom. The average Bonchev–Trinajstić information content (AvgIpc) is 3.38. The van der Waals surface area contributed by atoms with E-state index in [2.05, 4.69) is 25.2 Å². The van der Waals surface area contributed by atoms with Crippen LogP contribution in [-0.4, -0.2) is 42.9 Å². The first kappa shape index (κ1) is 17.5. The lowest BCUT2D eigenvalue weighted by Gasteiger charge is -2.23. The van der Waals surface area contributed by atoms with Gasteiger partial charge >= 0.3 is 0 Å². The quantitative estimate of drug-likeness (QED) is 0.730. The maximum atomic E-state index is 12.8. The molecule has 3 aromatic rings. The molecule has 1 aliphatic rings. The van der Waals surface area contributed by atoms with Crippen molar-refractivity contribution in [1.29, 1.82) is 0 Å². The molecule has 1 aliphatic heterocycles. The standard InChI is InChI=1S/C20H24N6O/c1-14-22-12-17(23-14)13-25-10-3-4-19(25)20(27)24-16-5-7-18(8-6-16)26-11-9-21-15(26)2/h5-9,11-12,19H,3-4,10,13H2,1-2H3,(H,22,23)(H,24,27). The number of hydrogen-bond acceptors (Lipinski definition) is 4. The first-order valence-corrected chi connectivity index (χ1v) is 9.26. The third-order valence-electron chi connectivity index (χ3n) is 5.03. The average molecular weight is 364 g/mol. The number of nitrogens with zero attached hydrogens (tertiary/aromatic N) is 4. The minimum Gasteiger partial charge on any atom is -0.345 e. The zero-order valence-electron chi connectivity index (χ0n) is 15.6. The van der Waals surface area contributed by atoms with E-state index in [0.29, 0.717) is 0 Å². The summed E-state index contributed by atoms with van der Waals surface area (Å²) < 4.78 is 2.01. The van der Waals surface area contributed by atoms with Crippen molar-refractivity contribution in [2.24, 2.45) is 0 Å². The second-order valence-electron chi connectivity index (χ2n) is 7.00. The van der Waals surface area contributed by atoms with Gasteiger partial charge in [0.1, 0.15) is 11.6 Å². The van der Waals surface area contributed by atoms with Crippen molar-refractivity contribution in [2.75, 3.05) is 11.9 Å². The summed E-state index contributed by atoms with van der Waals surface area (Å²) in [5, 5.41) is 3.06. The smallest absolute Gasteiger partial charge is 0.241 e. The molecule has 1 saturated heterocycles. The van der Waals surface area contributed by atoms with Gasteiger partial charge in [0.15, 0.2) is 0 Å². The van der Waals surface area contributed by atoms with E-state index in [0.717, 1.165) is 54.6 Å². The molecular weight excluding hydrogens is 340 g/mol. The van der Waals surface area contributed by atoms with Crippen molar-refractivity contribution in [3.63, 3.8) is 0 Å². The fourth-order valence-corrected chi connectivity index (χ4v) is 3.66. The number of carbonyl (C=O) groups excluding carboxylic acids is 1. The molecule has 7 nitrogen and oxygen atoms in total. The number of rotatable bonds is 5. The van der Waals surface area contributed by atoms with E-state index in [-0.39, 0.29) is 11.9 Å².